The Hall–Kier alpha value is -0.690. The molecule has 2 fully saturated rings. The van der Waals surface area contributed by atoms with Gasteiger partial charge in [-0.05, 0) is 31.6 Å². The van der Waals surface area contributed by atoms with Crippen molar-refractivity contribution in [2.45, 2.75) is 49.8 Å². The van der Waals surface area contributed by atoms with Gasteiger partial charge in [0, 0.05) is 17.3 Å². The van der Waals surface area contributed by atoms with Crippen molar-refractivity contribution >= 4 is 10.1 Å². The fourth-order valence-corrected chi connectivity index (χ4v) is 4.75. The summed E-state index contributed by atoms with van der Waals surface area (Å²) in [6.45, 7) is 0. The Balaban J connectivity index is 2.24. The van der Waals surface area contributed by atoms with Crippen LogP contribution in [0.5, 0.6) is 0 Å². The lowest BCUT2D eigenvalue weighted by Crippen LogP contribution is -2.47. The van der Waals surface area contributed by atoms with Crippen molar-refractivity contribution in [1.29, 1.82) is 0 Å². The zero-order valence-electron chi connectivity index (χ0n) is 9.45. The Kier molecular flexibility index (Phi) is 3.40. The average molecular weight is 262 g/mol. The number of rotatable bonds is 2. The molecule has 7 heteroatoms. The average Bonchev–Trinajstić information content (AvgIpc) is 2.26. The highest BCUT2D eigenvalue weighted by molar-refractivity contribution is 7.86. The van der Waals surface area contributed by atoms with Crippen molar-refractivity contribution in [1.82, 2.24) is 0 Å². The normalized spacial score (nSPS) is 38.4. The molecule has 6 nitrogen and oxygen atoms in total. The van der Waals surface area contributed by atoms with Crippen LogP contribution in [0.4, 0.5) is 0 Å². The van der Waals surface area contributed by atoms with Crippen molar-refractivity contribution in [3.8, 4) is 0 Å². The first-order chi connectivity index (χ1) is 7.91. The summed E-state index contributed by atoms with van der Waals surface area (Å²) >= 11 is 0. The van der Waals surface area contributed by atoms with Crippen LogP contribution in [-0.2, 0) is 10.1 Å². The van der Waals surface area contributed by atoms with Gasteiger partial charge in [0.05, 0.1) is 15.4 Å². The van der Waals surface area contributed by atoms with Crippen LogP contribution in [0.25, 0.3) is 0 Å². The molecular formula is C10H16NO5S-. The van der Waals surface area contributed by atoms with Crippen LogP contribution >= 0.6 is 0 Å². The molecule has 4 atom stereocenters. The molecule has 0 heterocycles. The van der Waals surface area contributed by atoms with Crippen LogP contribution in [0.1, 0.15) is 38.5 Å². The molecule has 0 saturated heterocycles. The maximum atomic E-state index is 11.2. The van der Waals surface area contributed by atoms with E-state index < -0.39 is 21.4 Å². The van der Waals surface area contributed by atoms with E-state index in [0.29, 0.717) is 38.5 Å². The van der Waals surface area contributed by atoms with Crippen LogP contribution in [0, 0.1) is 22.0 Å². The van der Waals surface area contributed by atoms with Gasteiger partial charge in [0.2, 0.25) is 6.04 Å². The van der Waals surface area contributed by atoms with E-state index in [0.717, 1.165) is 0 Å². The molecule has 2 aliphatic rings. The predicted molar refractivity (Wildman–Crippen MR) is 58.9 cm³/mol. The topological polar surface area (TPSA) is 100 Å². The molecule has 98 valence electrons. The SMILES string of the molecule is O=[N+]([O-])C1CCCC2C1CCCC2S(=O)(=O)[O-]. The lowest BCUT2D eigenvalue weighted by Gasteiger charge is -2.42. The zero-order chi connectivity index (χ0) is 12.6. The van der Waals surface area contributed by atoms with Crippen molar-refractivity contribution in [3.05, 3.63) is 10.1 Å². The Labute approximate surface area is 100 Å². The highest BCUT2D eigenvalue weighted by Gasteiger charge is 2.47. The third kappa shape index (κ3) is 2.44. The predicted octanol–water partition coefficient (Wildman–Crippen LogP) is 1.15. The summed E-state index contributed by atoms with van der Waals surface area (Å²) in [4.78, 5) is 10.6. The number of nitro groups is 1. The Morgan fingerprint density at radius 3 is 2.18 bits per heavy atom. The molecule has 17 heavy (non-hydrogen) atoms. The molecule has 0 radical (unpaired) electrons. The zero-order valence-corrected chi connectivity index (χ0v) is 10.3. The van der Waals surface area contributed by atoms with Gasteiger partial charge in [-0.3, -0.25) is 10.1 Å². The summed E-state index contributed by atoms with van der Waals surface area (Å²) in [7, 11) is -4.32. The number of hydrogen-bond acceptors (Lipinski definition) is 5. The molecule has 4 unspecified atom stereocenters. The van der Waals surface area contributed by atoms with Crippen LogP contribution in [-0.4, -0.2) is 29.2 Å². The van der Waals surface area contributed by atoms with E-state index in [4.69, 9.17) is 0 Å². The van der Waals surface area contributed by atoms with Crippen molar-refractivity contribution in [2.75, 3.05) is 0 Å². The molecule has 0 N–H and O–H groups in total. The summed E-state index contributed by atoms with van der Waals surface area (Å²) in [6, 6.07) is -0.654. The lowest BCUT2D eigenvalue weighted by molar-refractivity contribution is -0.538. The first-order valence-electron chi connectivity index (χ1n) is 5.99. The number of hydrogen-bond donors (Lipinski definition) is 0. The second kappa shape index (κ2) is 4.53. The van der Waals surface area contributed by atoms with Gasteiger partial charge in [-0.1, -0.05) is 6.42 Å². The Morgan fingerprint density at radius 1 is 1.00 bits per heavy atom. The monoisotopic (exact) mass is 262 g/mol. The second-order valence-electron chi connectivity index (χ2n) is 5.07. The maximum Gasteiger partial charge on any atom is 0.216 e. The van der Waals surface area contributed by atoms with Gasteiger partial charge in [0.15, 0.2) is 0 Å². The summed E-state index contributed by atoms with van der Waals surface area (Å²) in [6.07, 6.45) is 3.47. The fourth-order valence-electron chi connectivity index (χ4n) is 3.53. The van der Waals surface area contributed by atoms with E-state index in [9.17, 15) is 23.1 Å². The van der Waals surface area contributed by atoms with E-state index >= 15 is 0 Å². The van der Waals surface area contributed by atoms with E-state index in [-0.39, 0.29) is 16.8 Å². The van der Waals surface area contributed by atoms with Crippen molar-refractivity contribution in [2.24, 2.45) is 11.8 Å². The van der Waals surface area contributed by atoms with Gasteiger partial charge in [-0.25, -0.2) is 8.42 Å². The lowest BCUT2D eigenvalue weighted by atomic mass is 9.68. The fraction of sp³-hybridized carbons (Fsp3) is 1.00. The van der Waals surface area contributed by atoms with Crippen molar-refractivity contribution in [3.63, 3.8) is 0 Å². The molecule has 0 aromatic rings. The summed E-state index contributed by atoms with van der Waals surface area (Å²) in [5.74, 6) is -0.517. The van der Waals surface area contributed by atoms with Gasteiger partial charge in [-0.2, -0.15) is 0 Å². The molecule has 0 spiro atoms. The van der Waals surface area contributed by atoms with E-state index in [1.807, 2.05) is 0 Å². The summed E-state index contributed by atoms with van der Waals surface area (Å²) < 4.78 is 33.6. The Bertz CT molecular complexity index is 407. The summed E-state index contributed by atoms with van der Waals surface area (Å²) in [5, 5.41) is 10.0. The molecular weight excluding hydrogens is 246 g/mol. The van der Waals surface area contributed by atoms with Crippen LogP contribution in [0.2, 0.25) is 0 Å². The third-order valence-corrected chi connectivity index (χ3v) is 5.55. The molecule has 0 aliphatic heterocycles. The van der Waals surface area contributed by atoms with Crippen molar-refractivity contribution < 1.29 is 17.9 Å². The highest BCUT2D eigenvalue weighted by Crippen LogP contribution is 2.43. The quantitative estimate of drug-likeness (QED) is 0.422. The molecule has 0 bridgehead atoms. The van der Waals surface area contributed by atoms with Gasteiger partial charge in [-0.15, -0.1) is 0 Å². The highest BCUT2D eigenvalue weighted by atomic mass is 32.2. The minimum absolute atomic E-state index is 0.221. The van der Waals surface area contributed by atoms with E-state index in [2.05, 4.69) is 0 Å². The first kappa shape index (κ1) is 12.8. The maximum absolute atomic E-state index is 11.2. The molecule has 0 aromatic carbocycles. The number of nitrogens with zero attached hydrogens (tertiary/aromatic N) is 1. The van der Waals surface area contributed by atoms with E-state index in [1.54, 1.807) is 0 Å². The van der Waals surface area contributed by atoms with Gasteiger partial charge in [0.1, 0.15) is 0 Å². The molecule has 2 rings (SSSR count). The molecule has 0 aromatic heterocycles. The first-order valence-corrected chi connectivity index (χ1v) is 7.46. The van der Waals surface area contributed by atoms with Gasteiger partial charge in [0.25, 0.3) is 0 Å². The second-order valence-corrected chi connectivity index (χ2v) is 6.66. The van der Waals surface area contributed by atoms with Gasteiger partial charge >= 0.3 is 0 Å². The van der Waals surface area contributed by atoms with E-state index in [1.165, 1.54) is 0 Å². The minimum atomic E-state index is -4.32. The van der Waals surface area contributed by atoms with Crippen LogP contribution in [0.15, 0.2) is 0 Å². The smallest absolute Gasteiger partial charge is 0.216 e. The van der Waals surface area contributed by atoms with Crippen LogP contribution < -0.4 is 0 Å². The standard InChI is InChI=1S/C10H17NO5S/c12-11(13)9-5-1-4-8-7(9)3-2-6-10(8)17(14,15)16/h7-10H,1-6H2,(H,14,15,16)/p-1. The Morgan fingerprint density at radius 2 is 1.59 bits per heavy atom. The molecule has 2 aliphatic carbocycles. The minimum Gasteiger partial charge on any atom is -0.748 e. The largest absolute Gasteiger partial charge is 0.748 e. The molecule has 2 saturated carbocycles. The van der Waals surface area contributed by atoms with Crippen LogP contribution in [0.3, 0.4) is 0 Å². The third-order valence-electron chi connectivity index (χ3n) is 4.23. The summed E-state index contributed by atoms with van der Waals surface area (Å²) in [5.41, 5.74) is 0. The molecule has 0 amide bonds. The number of fused-ring (bicyclic) bond motifs is 1. The van der Waals surface area contributed by atoms with Gasteiger partial charge < -0.3 is 4.55 Å².